The highest BCUT2D eigenvalue weighted by Crippen LogP contribution is 2.28. The summed E-state index contributed by atoms with van der Waals surface area (Å²) < 4.78 is 14.2. The van der Waals surface area contributed by atoms with Crippen LogP contribution in [0.4, 0.5) is 4.39 Å². The molecule has 0 aliphatic heterocycles. The molecular weight excluding hydrogens is 450 g/mol. The molecule has 0 aromatic heterocycles. The first-order valence-corrected chi connectivity index (χ1v) is 11.9. The Morgan fingerprint density at radius 2 is 1.72 bits per heavy atom. The normalized spacial score (nSPS) is 15.2. The van der Waals surface area contributed by atoms with E-state index in [0.717, 1.165) is 25.7 Å². The molecule has 0 heterocycles. The molecule has 1 fully saturated rings. The summed E-state index contributed by atoms with van der Waals surface area (Å²) in [5, 5.41) is 3.96. The molecule has 7 heteroatoms. The molecular formula is C25H29Cl2FN2O2. The van der Waals surface area contributed by atoms with Gasteiger partial charge in [-0.05, 0) is 43.0 Å². The maximum atomic E-state index is 14.2. The number of nitrogens with zero attached hydrogens (tertiary/aromatic N) is 1. The average molecular weight is 479 g/mol. The summed E-state index contributed by atoms with van der Waals surface area (Å²) in [6, 6.07) is 10.7. The van der Waals surface area contributed by atoms with E-state index in [9.17, 15) is 14.0 Å². The van der Waals surface area contributed by atoms with Crippen LogP contribution in [0.25, 0.3) is 0 Å². The summed E-state index contributed by atoms with van der Waals surface area (Å²) in [6.45, 7) is 1.94. The van der Waals surface area contributed by atoms with Gasteiger partial charge in [-0.2, -0.15) is 0 Å². The Hall–Kier alpha value is -2.11. The maximum Gasteiger partial charge on any atom is 0.243 e. The second-order valence-electron chi connectivity index (χ2n) is 8.26. The highest BCUT2D eigenvalue weighted by atomic mass is 35.5. The highest BCUT2D eigenvalue weighted by Gasteiger charge is 2.31. The maximum absolute atomic E-state index is 14.2. The number of hydrogen-bond acceptors (Lipinski definition) is 2. The number of carbonyl (C=O) groups is 2. The Bertz CT molecular complexity index is 927. The Morgan fingerprint density at radius 1 is 1.06 bits per heavy atom. The summed E-state index contributed by atoms with van der Waals surface area (Å²) in [4.78, 5) is 28.1. The standard InChI is InChI=1S/C25H29Cl2FN2O2/c1-2-23(25(32)29-18-10-4-3-5-11-18)30(16-19-20(26)12-8-13-21(19)27)24(31)15-17-9-6-7-14-22(17)28/h6-9,12-14,18,23H,2-5,10-11,15-16H2,1H3,(H,29,32)/t23-/m0/s1. The van der Waals surface area contributed by atoms with Crippen molar-refractivity contribution in [2.24, 2.45) is 0 Å². The smallest absolute Gasteiger partial charge is 0.243 e. The van der Waals surface area contributed by atoms with Crippen molar-refractivity contribution in [3.8, 4) is 0 Å². The Morgan fingerprint density at radius 3 is 2.34 bits per heavy atom. The van der Waals surface area contributed by atoms with Gasteiger partial charge in [0.05, 0.1) is 6.42 Å². The van der Waals surface area contributed by atoms with Crippen molar-refractivity contribution in [1.29, 1.82) is 0 Å². The minimum Gasteiger partial charge on any atom is -0.352 e. The molecule has 3 rings (SSSR count). The molecule has 172 valence electrons. The molecule has 0 unspecified atom stereocenters. The third kappa shape index (κ3) is 6.23. The second-order valence-corrected chi connectivity index (χ2v) is 9.07. The Labute approximate surface area is 199 Å². The summed E-state index contributed by atoms with van der Waals surface area (Å²) in [7, 11) is 0. The van der Waals surface area contributed by atoms with Crippen LogP contribution in [-0.2, 0) is 22.6 Å². The monoisotopic (exact) mass is 478 g/mol. The molecule has 1 aliphatic rings. The molecule has 0 radical (unpaired) electrons. The highest BCUT2D eigenvalue weighted by molar-refractivity contribution is 6.36. The van der Waals surface area contributed by atoms with Gasteiger partial charge in [0.1, 0.15) is 11.9 Å². The van der Waals surface area contributed by atoms with Crippen LogP contribution in [0.1, 0.15) is 56.6 Å². The van der Waals surface area contributed by atoms with Crippen molar-refractivity contribution in [3.05, 3.63) is 69.5 Å². The molecule has 0 bridgehead atoms. The fourth-order valence-electron chi connectivity index (χ4n) is 4.22. The molecule has 2 aromatic carbocycles. The molecule has 1 saturated carbocycles. The number of rotatable bonds is 8. The number of carbonyl (C=O) groups excluding carboxylic acids is 2. The first-order valence-electron chi connectivity index (χ1n) is 11.2. The summed E-state index contributed by atoms with van der Waals surface area (Å²) in [5.41, 5.74) is 0.858. The number of nitrogens with one attached hydrogen (secondary N) is 1. The van der Waals surface area contributed by atoms with Crippen molar-refractivity contribution < 1.29 is 14.0 Å². The van der Waals surface area contributed by atoms with E-state index in [2.05, 4.69) is 5.32 Å². The lowest BCUT2D eigenvalue weighted by atomic mass is 9.95. The zero-order valence-electron chi connectivity index (χ0n) is 18.3. The molecule has 0 saturated heterocycles. The first kappa shape index (κ1) is 24.5. The minimum absolute atomic E-state index is 0.0718. The van der Waals surface area contributed by atoms with E-state index in [0.29, 0.717) is 22.0 Å². The zero-order valence-corrected chi connectivity index (χ0v) is 19.8. The van der Waals surface area contributed by atoms with E-state index in [1.54, 1.807) is 36.4 Å². The van der Waals surface area contributed by atoms with E-state index >= 15 is 0 Å². The third-order valence-electron chi connectivity index (χ3n) is 6.03. The molecule has 2 aromatic rings. The minimum atomic E-state index is -0.705. The van der Waals surface area contributed by atoms with Gasteiger partial charge in [0, 0.05) is 28.2 Å². The molecule has 1 aliphatic carbocycles. The lowest BCUT2D eigenvalue weighted by molar-refractivity contribution is -0.141. The number of benzene rings is 2. The van der Waals surface area contributed by atoms with Crippen LogP contribution in [-0.4, -0.2) is 28.8 Å². The third-order valence-corrected chi connectivity index (χ3v) is 6.74. The predicted octanol–water partition coefficient (Wildman–Crippen LogP) is 5.93. The SMILES string of the molecule is CC[C@@H](C(=O)NC1CCCCC1)N(Cc1c(Cl)cccc1Cl)C(=O)Cc1ccccc1F. The van der Waals surface area contributed by atoms with Crippen LogP contribution in [0.5, 0.6) is 0 Å². The van der Waals surface area contributed by atoms with Crippen molar-refractivity contribution in [2.45, 2.75) is 70.5 Å². The zero-order chi connectivity index (χ0) is 23.1. The van der Waals surface area contributed by atoms with E-state index in [1.165, 1.54) is 17.4 Å². The summed E-state index contributed by atoms with van der Waals surface area (Å²) in [5.74, 6) is -0.988. The van der Waals surface area contributed by atoms with Gasteiger partial charge in [0.2, 0.25) is 11.8 Å². The fourth-order valence-corrected chi connectivity index (χ4v) is 4.74. The summed E-state index contributed by atoms with van der Waals surface area (Å²) >= 11 is 12.7. The van der Waals surface area contributed by atoms with Gasteiger partial charge >= 0.3 is 0 Å². The molecule has 1 N–H and O–H groups in total. The van der Waals surface area contributed by atoms with Gasteiger partial charge in [0.25, 0.3) is 0 Å². The number of halogens is 3. The lowest BCUT2D eigenvalue weighted by Gasteiger charge is -2.33. The van der Waals surface area contributed by atoms with Crippen molar-refractivity contribution >= 4 is 35.0 Å². The van der Waals surface area contributed by atoms with Crippen LogP contribution < -0.4 is 5.32 Å². The van der Waals surface area contributed by atoms with Crippen LogP contribution in [0.2, 0.25) is 10.0 Å². The molecule has 2 amide bonds. The second kappa shape index (κ2) is 11.7. The van der Waals surface area contributed by atoms with E-state index < -0.39 is 11.9 Å². The summed E-state index contributed by atoms with van der Waals surface area (Å²) in [6.07, 6.45) is 5.52. The predicted molar refractivity (Wildman–Crippen MR) is 126 cm³/mol. The van der Waals surface area contributed by atoms with Crippen LogP contribution in [0, 0.1) is 5.82 Å². The van der Waals surface area contributed by atoms with Crippen LogP contribution in [0.3, 0.4) is 0 Å². The molecule has 1 atom stereocenters. The molecule has 0 spiro atoms. The van der Waals surface area contributed by atoms with Gasteiger partial charge in [-0.15, -0.1) is 0 Å². The first-order chi connectivity index (χ1) is 15.4. The molecule has 4 nitrogen and oxygen atoms in total. The van der Waals surface area contributed by atoms with Gasteiger partial charge in [-0.1, -0.05) is 73.7 Å². The number of amides is 2. The average Bonchev–Trinajstić information content (AvgIpc) is 2.77. The van der Waals surface area contributed by atoms with Crippen LogP contribution in [0.15, 0.2) is 42.5 Å². The van der Waals surface area contributed by atoms with E-state index in [-0.39, 0.29) is 36.4 Å². The van der Waals surface area contributed by atoms with Crippen molar-refractivity contribution in [1.82, 2.24) is 10.2 Å². The van der Waals surface area contributed by atoms with Crippen molar-refractivity contribution in [2.75, 3.05) is 0 Å². The van der Waals surface area contributed by atoms with Gasteiger partial charge in [0.15, 0.2) is 0 Å². The molecule has 32 heavy (non-hydrogen) atoms. The Kier molecular flexibility index (Phi) is 8.94. The van der Waals surface area contributed by atoms with E-state index in [4.69, 9.17) is 23.2 Å². The quantitative estimate of drug-likeness (QED) is 0.510. The largest absolute Gasteiger partial charge is 0.352 e. The van der Waals surface area contributed by atoms with Gasteiger partial charge in [-0.3, -0.25) is 9.59 Å². The lowest BCUT2D eigenvalue weighted by Crippen LogP contribution is -2.52. The van der Waals surface area contributed by atoms with Gasteiger partial charge < -0.3 is 10.2 Å². The van der Waals surface area contributed by atoms with Crippen LogP contribution >= 0.6 is 23.2 Å². The topological polar surface area (TPSA) is 49.4 Å². The fraction of sp³-hybridized carbons (Fsp3) is 0.440. The van der Waals surface area contributed by atoms with Gasteiger partial charge in [-0.25, -0.2) is 4.39 Å². The Balaban J connectivity index is 1.87. The van der Waals surface area contributed by atoms with E-state index in [1.807, 2.05) is 6.92 Å². The number of hydrogen-bond donors (Lipinski definition) is 1. The van der Waals surface area contributed by atoms with Crippen molar-refractivity contribution in [3.63, 3.8) is 0 Å².